The van der Waals surface area contributed by atoms with E-state index >= 15 is 0 Å². The molecule has 5 aliphatic carbocycles. The second-order valence-corrected chi connectivity index (χ2v) is 8.90. The lowest BCUT2D eigenvalue weighted by Crippen LogP contribution is -2.50. The number of hydrogen-bond donors (Lipinski definition) is 1. The van der Waals surface area contributed by atoms with Crippen LogP contribution in [0.3, 0.4) is 0 Å². The number of rotatable bonds is 3. The quantitative estimate of drug-likeness (QED) is 0.835. The number of nitrogens with zero attached hydrogens (tertiary/aromatic N) is 2. The van der Waals surface area contributed by atoms with Crippen LogP contribution in [0.4, 0.5) is 0 Å². The van der Waals surface area contributed by atoms with Crippen molar-refractivity contribution < 1.29 is 9.90 Å². The SMILES string of the molecule is Br.O=C(O)c1csc(=NC23CC4CC(CC(C4)C2)C3)n1C1CC1. The van der Waals surface area contributed by atoms with Crippen molar-refractivity contribution in [1.82, 2.24) is 4.57 Å². The average molecular weight is 399 g/mol. The summed E-state index contributed by atoms with van der Waals surface area (Å²) in [5, 5.41) is 11.2. The monoisotopic (exact) mass is 398 g/mol. The molecular weight excluding hydrogens is 376 g/mol. The van der Waals surface area contributed by atoms with Gasteiger partial charge in [0.25, 0.3) is 0 Å². The number of carbonyl (C=O) groups is 1. The Balaban J connectivity index is 0.00000135. The van der Waals surface area contributed by atoms with Crippen molar-refractivity contribution in [2.75, 3.05) is 0 Å². The summed E-state index contributed by atoms with van der Waals surface area (Å²) >= 11 is 1.54. The van der Waals surface area contributed by atoms with Crippen LogP contribution >= 0.6 is 28.3 Å². The fraction of sp³-hybridized carbons (Fsp3) is 0.765. The van der Waals surface area contributed by atoms with E-state index in [-0.39, 0.29) is 22.5 Å². The minimum absolute atomic E-state index is 0. The highest BCUT2D eigenvalue weighted by atomic mass is 79.9. The summed E-state index contributed by atoms with van der Waals surface area (Å²) in [6.45, 7) is 0. The molecule has 5 aliphatic rings. The maximum absolute atomic E-state index is 11.5. The third kappa shape index (κ3) is 2.62. The zero-order chi connectivity index (χ0) is 14.9. The third-order valence-corrected chi connectivity index (χ3v) is 7.05. The van der Waals surface area contributed by atoms with Gasteiger partial charge in [0, 0.05) is 11.4 Å². The first-order valence-electron chi connectivity index (χ1n) is 8.61. The molecule has 0 radical (unpaired) electrons. The van der Waals surface area contributed by atoms with Gasteiger partial charge in [0.2, 0.25) is 0 Å². The second kappa shape index (κ2) is 5.45. The zero-order valence-corrected chi connectivity index (χ0v) is 15.6. The van der Waals surface area contributed by atoms with Gasteiger partial charge in [-0.2, -0.15) is 0 Å². The smallest absolute Gasteiger partial charge is 0.353 e. The number of aromatic carboxylic acids is 1. The highest BCUT2D eigenvalue weighted by Gasteiger charge is 2.51. The van der Waals surface area contributed by atoms with Crippen molar-refractivity contribution in [2.24, 2.45) is 22.7 Å². The van der Waals surface area contributed by atoms with Gasteiger partial charge in [0.05, 0.1) is 5.54 Å². The standard InChI is InChI=1S/C17H22N2O2S.BrH/c20-15(21)14-9-22-16(19(14)13-1-2-13)18-17-6-10-3-11(7-17)5-12(4-10)8-17;/h9-13H,1-8H2,(H,20,21);1H. The minimum atomic E-state index is -0.810. The predicted molar refractivity (Wildman–Crippen MR) is 94.3 cm³/mol. The molecule has 1 heterocycles. The first-order chi connectivity index (χ1) is 10.6. The van der Waals surface area contributed by atoms with E-state index in [9.17, 15) is 9.90 Å². The van der Waals surface area contributed by atoms with Crippen LogP contribution in [0, 0.1) is 17.8 Å². The Kier molecular flexibility index (Phi) is 3.76. The van der Waals surface area contributed by atoms with Crippen molar-refractivity contribution in [3.05, 3.63) is 15.9 Å². The first-order valence-corrected chi connectivity index (χ1v) is 9.49. The van der Waals surface area contributed by atoms with Gasteiger partial charge in [0.1, 0.15) is 5.69 Å². The van der Waals surface area contributed by atoms with E-state index in [1.807, 2.05) is 4.57 Å². The van der Waals surface area contributed by atoms with Gasteiger partial charge in [-0.05, 0) is 69.1 Å². The fourth-order valence-corrected chi connectivity index (χ4v) is 6.69. The number of hydrogen-bond acceptors (Lipinski definition) is 3. The van der Waals surface area contributed by atoms with Crippen LogP contribution in [0.1, 0.15) is 67.9 Å². The Morgan fingerprint density at radius 3 is 2.22 bits per heavy atom. The summed E-state index contributed by atoms with van der Waals surface area (Å²) in [7, 11) is 0. The normalized spacial score (nSPS) is 38.6. The molecule has 0 spiro atoms. The van der Waals surface area contributed by atoms with Gasteiger partial charge in [0.15, 0.2) is 4.80 Å². The van der Waals surface area contributed by atoms with Crippen LogP contribution in [-0.2, 0) is 0 Å². The molecule has 5 fully saturated rings. The Bertz CT molecular complexity index is 668. The van der Waals surface area contributed by atoms with Crippen molar-refractivity contribution in [2.45, 2.75) is 62.9 Å². The van der Waals surface area contributed by atoms with Gasteiger partial charge in [-0.25, -0.2) is 4.79 Å². The summed E-state index contributed by atoms with van der Waals surface area (Å²) in [5.41, 5.74) is 0.572. The summed E-state index contributed by atoms with van der Waals surface area (Å²) < 4.78 is 2.02. The minimum Gasteiger partial charge on any atom is -0.477 e. The molecule has 1 aromatic heterocycles. The highest BCUT2D eigenvalue weighted by Crippen LogP contribution is 2.57. The van der Waals surface area contributed by atoms with Crippen LogP contribution in [0.15, 0.2) is 10.4 Å². The van der Waals surface area contributed by atoms with Crippen LogP contribution in [-0.4, -0.2) is 21.2 Å². The maximum atomic E-state index is 11.5. The molecule has 0 saturated heterocycles. The van der Waals surface area contributed by atoms with Crippen molar-refractivity contribution >= 4 is 34.3 Å². The summed E-state index contributed by atoms with van der Waals surface area (Å²) in [5.74, 6) is 1.82. The van der Waals surface area contributed by atoms with Gasteiger partial charge in [-0.3, -0.25) is 4.99 Å². The van der Waals surface area contributed by atoms with Crippen molar-refractivity contribution in [3.63, 3.8) is 0 Å². The fourth-order valence-electron chi connectivity index (χ4n) is 5.65. The second-order valence-electron chi connectivity index (χ2n) is 8.06. The molecule has 0 atom stereocenters. The molecule has 6 rings (SSSR count). The van der Waals surface area contributed by atoms with E-state index in [4.69, 9.17) is 4.99 Å². The van der Waals surface area contributed by atoms with E-state index in [0.717, 1.165) is 35.4 Å². The highest BCUT2D eigenvalue weighted by molar-refractivity contribution is 8.93. The van der Waals surface area contributed by atoms with Gasteiger partial charge < -0.3 is 9.67 Å². The third-order valence-electron chi connectivity index (χ3n) is 6.21. The summed E-state index contributed by atoms with van der Waals surface area (Å²) in [4.78, 5) is 17.7. The maximum Gasteiger partial charge on any atom is 0.353 e. The number of halogens is 1. The molecule has 126 valence electrons. The molecular formula is C17H23BrN2O2S. The average Bonchev–Trinajstić information content (AvgIpc) is 3.18. The lowest BCUT2D eigenvalue weighted by molar-refractivity contribution is -0.000434. The van der Waals surface area contributed by atoms with E-state index in [2.05, 4.69) is 0 Å². The number of carboxylic acids is 1. The van der Waals surface area contributed by atoms with Crippen LogP contribution < -0.4 is 4.80 Å². The van der Waals surface area contributed by atoms with Crippen LogP contribution in [0.5, 0.6) is 0 Å². The molecule has 6 heteroatoms. The van der Waals surface area contributed by atoms with Crippen molar-refractivity contribution in [3.8, 4) is 0 Å². The molecule has 1 aromatic rings. The van der Waals surface area contributed by atoms with Gasteiger partial charge in [-0.1, -0.05) is 0 Å². The summed E-state index contributed by atoms with van der Waals surface area (Å²) in [6, 6.07) is 0.380. The van der Waals surface area contributed by atoms with Gasteiger partial charge >= 0.3 is 5.97 Å². The van der Waals surface area contributed by atoms with E-state index in [1.165, 1.54) is 49.9 Å². The predicted octanol–water partition coefficient (Wildman–Crippen LogP) is 4.03. The number of aromatic nitrogens is 1. The molecule has 0 aromatic carbocycles. The Labute approximate surface area is 150 Å². The Morgan fingerprint density at radius 1 is 1.17 bits per heavy atom. The molecule has 0 unspecified atom stereocenters. The van der Waals surface area contributed by atoms with E-state index < -0.39 is 5.97 Å². The van der Waals surface area contributed by atoms with Crippen LogP contribution in [0.2, 0.25) is 0 Å². The molecule has 23 heavy (non-hydrogen) atoms. The van der Waals surface area contributed by atoms with E-state index in [1.54, 1.807) is 5.38 Å². The lowest BCUT2D eigenvalue weighted by atomic mass is 9.53. The Hall–Kier alpha value is -0.620. The molecule has 1 N–H and O–H groups in total. The molecule has 4 bridgehead atoms. The molecule has 0 aliphatic heterocycles. The largest absolute Gasteiger partial charge is 0.477 e. The number of carboxylic acid groups (broad SMARTS) is 1. The molecule has 4 nitrogen and oxygen atoms in total. The van der Waals surface area contributed by atoms with Gasteiger partial charge in [-0.15, -0.1) is 28.3 Å². The Morgan fingerprint density at radius 2 is 1.74 bits per heavy atom. The first kappa shape index (κ1) is 15.9. The number of thiazole rings is 1. The van der Waals surface area contributed by atoms with Crippen molar-refractivity contribution in [1.29, 1.82) is 0 Å². The van der Waals surface area contributed by atoms with Crippen LogP contribution in [0.25, 0.3) is 0 Å². The zero-order valence-electron chi connectivity index (χ0n) is 13.1. The topological polar surface area (TPSA) is 54.6 Å². The summed E-state index contributed by atoms with van der Waals surface area (Å²) in [6.07, 6.45) is 10.2. The lowest BCUT2D eigenvalue weighted by Gasteiger charge is -2.54. The molecule has 5 saturated carbocycles. The molecule has 0 amide bonds. The van der Waals surface area contributed by atoms with E-state index in [0.29, 0.717) is 11.7 Å².